The lowest BCUT2D eigenvalue weighted by Crippen LogP contribution is -2.62. The molecular formula is C85H118N18O23S. The molecule has 0 spiro atoms. The third-order valence-electron chi connectivity index (χ3n) is 22.7. The summed E-state index contributed by atoms with van der Waals surface area (Å²) in [5, 5.41) is 90.6. The Morgan fingerprint density at radius 3 is 1.58 bits per heavy atom. The number of H-pyrrole nitrogens is 2. The number of phenols is 1. The summed E-state index contributed by atoms with van der Waals surface area (Å²) < 4.78 is 0. The number of carbonyl (C=O) groups excluding carboxylic acids is 16. The van der Waals surface area contributed by atoms with Gasteiger partial charge in [-0.05, 0) is 85.9 Å². The number of para-hydroxylation sites is 2. The first-order valence-electron chi connectivity index (χ1n) is 42.3. The number of benzene rings is 3. The van der Waals surface area contributed by atoms with Crippen molar-refractivity contribution in [3.05, 3.63) is 102 Å². The minimum absolute atomic E-state index is 0.0252. The molecule has 0 radical (unpaired) electrons. The minimum Gasteiger partial charge on any atom is -0.508 e. The number of nitrogens with one attached hydrogen (secondary N) is 12. The number of unbranched alkanes of at least 4 members (excludes halogenated alkanes) is 2. The van der Waals surface area contributed by atoms with Gasteiger partial charge in [-0.1, -0.05) is 102 Å². The van der Waals surface area contributed by atoms with Crippen molar-refractivity contribution in [2.75, 3.05) is 72.1 Å². The molecule has 5 aromatic rings. The van der Waals surface area contributed by atoms with Crippen molar-refractivity contribution in [2.24, 2.45) is 11.7 Å². The Balaban J connectivity index is 1.16. The molecule has 127 heavy (non-hydrogen) atoms. The fourth-order valence-electron chi connectivity index (χ4n) is 15.5. The number of aliphatic carboxylic acids is 1. The van der Waals surface area contributed by atoms with Crippen LogP contribution in [-0.2, 0) is 101 Å². The fraction of sp³-hybridized carbons (Fsp3) is 0.541. The number of carboxylic acids is 1. The van der Waals surface area contributed by atoms with E-state index in [1.54, 1.807) is 81.7 Å². The molecule has 16 amide bonds. The van der Waals surface area contributed by atoms with E-state index in [9.17, 15) is 83.4 Å². The van der Waals surface area contributed by atoms with Crippen LogP contribution in [0.3, 0.4) is 0 Å². The summed E-state index contributed by atoms with van der Waals surface area (Å²) in [6, 6.07) is -3.60. The van der Waals surface area contributed by atoms with E-state index < -0.39 is 254 Å². The van der Waals surface area contributed by atoms with Crippen molar-refractivity contribution < 1.29 is 112 Å². The number of carboxylic acid groups (broad SMARTS) is 1. The highest BCUT2D eigenvalue weighted by molar-refractivity contribution is 8.00. The van der Waals surface area contributed by atoms with Gasteiger partial charge in [-0.3, -0.25) is 81.5 Å². The standard InChI is InChI=1S/C85H118N18O23S/c1-9-11-22-65-78(119)96-63(42-106)77(118)98-64(73(114)89-38-69(86)109)43-127-44-70(110)90-58(31-47-25-27-50(107)28-26-47)81(122)99(6)46(5)72(113)92-60(35-71(111)112)83(124)102-29-17-24-66(102)79(120)97-62(41-105)76(117)93-57(30-45(3)4)84(125)103-39-51(108)34-68(103)80(121)91-56(32-48-36-87-54-20-15-13-18-52(48)54)74(115)95-61(40-104)75(116)94-59(33-49-37-88-55-21-16-14-19-53(49)55)82(123)101(8)67(23-12-10-2)85(126)100(65)7/h13-16,18-21,25-28,36-37,45-46,51,56-68,87-88,104-108H,9-12,17,22-24,29-35,38-44H2,1-8H3,(H2,86,109)(H,89,114)(H,90,110)(H,91,121)(H,92,113)(H,93,117)(H,94,116)(H,95,115)(H,96,119)(H,97,120)(H,98,118)(H,111,112)/t46-,51+,56-,57-,58-,59-,60-,61-,62-,63-,64-,65-,66-,67-,68-/m0/s1. The number of aliphatic hydroxyl groups excluding tert-OH is 4. The molecule has 3 aromatic carbocycles. The van der Waals surface area contributed by atoms with Gasteiger partial charge in [0.25, 0.3) is 0 Å². The third kappa shape index (κ3) is 27.1. The number of carbonyl (C=O) groups is 17. The number of aliphatic hydroxyl groups is 4. The zero-order chi connectivity index (χ0) is 93.2. The van der Waals surface area contributed by atoms with Crippen molar-refractivity contribution in [2.45, 2.75) is 215 Å². The van der Waals surface area contributed by atoms with Crippen molar-refractivity contribution in [1.82, 2.24) is 87.6 Å². The van der Waals surface area contributed by atoms with Crippen LogP contribution in [0.25, 0.3) is 21.8 Å². The molecule has 42 heteroatoms. The summed E-state index contributed by atoms with van der Waals surface area (Å²) in [5.74, 6) is -19.4. The molecule has 3 fully saturated rings. The van der Waals surface area contributed by atoms with Gasteiger partial charge in [-0.2, -0.15) is 0 Å². The maximum Gasteiger partial charge on any atom is 0.305 e. The van der Waals surface area contributed by atoms with E-state index in [1.807, 2.05) is 6.92 Å². The van der Waals surface area contributed by atoms with Crippen LogP contribution in [0.1, 0.15) is 122 Å². The van der Waals surface area contributed by atoms with E-state index in [4.69, 9.17) is 5.73 Å². The van der Waals surface area contributed by atoms with E-state index in [0.717, 1.165) is 24.5 Å². The SMILES string of the molecule is CCCC[C@H]1C(=O)N(C)[C@@H](CCCC)C(=O)N[C@@H](CO)C(=O)N[C@H](C(=O)NCC(N)=O)CSCC(=O)N[C@@H](Cc2ccc(O)cc2)C(=O)N(C)[C@@H](C)C(=O)N[C@@H](CC(=O)O)C(=O)N2CCC[C@H]2C(=O)N[C@@H](CO)C(=O)N[C@@H](CC(C)C)C(=O)N2C[C@H](O)C[C@H]2C(=O)N[C@@H](Cc2c[nH]c3ccccc23)C(=O)N[C@@H](CO)C(=O)N[C@@H](Cc2c[nH]c3ccccc23)C(=O)N1C. The summed E-state index contributed by atoms with van der Waals surface area (Å²) in [4.78, 5) is 257. The molecule has 3 saturated heterocycles. The van der Waals surface area contributed by atoms with Gasteiger partial charge in [0, 0.05) is 99.9 Å². The molecule has 0 bridgehead atoms. The summed E-state index contributed by atoms with van der Waals surface area (Å²) in [6.07, 6.45) is 0.791. The van der Waals surface area contributed by atoms with Crippen LogP contribution in [-0.4, -0.2) is 328 Å². The molecule has 0 aliphatic carbocycles. The van der Waals surface area contributed by atoms with E-state index in [2.05, 4.69) is 63.1 Å². The van der Waals surface area contributed by atoms with Crippen LogP contribution in [0.5, 0.6) is 5.75 Å². The smallest absolute Gasteiger partial charge is 0.305 e. The van der Waals surface area contributed by atoms with Crippen LogP contribution >= 0.6 is 11.8 Å². The topological polar surface area (TPSA) is 606 Å². The lowest BCUT2D eigenvalue weighted by molar-refractivity contribution is -0.149. The second kappa shape index (κ2) is 47.3. The molecular weight excluding hydrogens is 1670 g/mol. The number of phenolic OH excluding ortho intramolecular Hbond substituents is 1. The monoisotopic (exact) mass is 1790 g/mol. The summed E-state index contributed by atoms with van der Waals surface area (Å²) in [5.41, 5.74) is 7.93. The van der Waals surface area contributed by atoms with Crippen molar-refractivity contribution in [3.63, 3.8) is 0 Å². The normalized spacial score (nSPS) is 25.6. The maximum absolute atomic E-state index is 15.6. The van der Waals surface area contributed by atoms with Gasteiger partial charge in [0.1, 0.15) is 90.3 Å². The first kappa shape index (κ1) is 100. The Morgan fingerprint density at radius 2 is 1.02 bits per heavy atom. The average Bonchev–Trinajstić information content (AvgIpc) is 1.72. The largest absolute Gasteiger partial charge is 0.508 e. The van der Waals surface area contributed by atoms with Gasteiger partial charge in [-0.25, -0.2) is 0 Å². The number of hydrogen-bond acceptors (Lipinski definition) is 23. The van der Waals surface area contributed by atoms with Gasteiger partial charge < -0.3 is 124 Å². The van der Waals surface area contributed by atoms with Crippen LogP contribution in [0.2, 0.25) is 0 Å². The van der Waals surface area contributed by atoms with Gasteiger partial charge in [0.05, 0.1) is 44.6 Å². The van der Waals surface area contributed by atoms with Crippen molar-refractivity contribution >= 4 is 134 Å². The lowest BCUT2D eigenvalue weighted by Gasteiger charge is -2.36. The number of thioether (sulfide) groups is 1. The molecule has 8 rings (SSSR count). The summed E-state index contributed by atoms with van der Waals surface area (Å²) >= 11 is 0.711. The molecule has 15 atom stereocenters. The molecule has 2 aromatic heterocycles. The Kier molecular flexibility index (Phi) is 37.3. The number of primary amides is 1. The molecule has 3 aliphatic rings. The predicted molar refractivity (Wildman–Crippen MR) is 461 cm³/mol. The average molecular weight is 1790 g/mol. The Labute approximate surface area is 737 Å². The number of aromatic hydroxyl groups is 1. The number of amides is 16. The Hall–Kier alpha value is -12.3. The quantitative estimate of drug-likeness (QED) is 0.0319. The first-order chi connectivity index (χ1) is 60.4. The number of fused-ring (bicyclic) bond motifs is 4. The number of aromatic nitrogens is 2. The summed E-state index contributed by atoms with van der Waals surface area (Å²) in [6.45, 7) is 3.47. The van der Waals surface area contributed by atoms with Crippen molar-refractivity contribution in [1.29, 1.82) is 0 Å². The second-order valence-electron chi connectivity index (χ2n) is 32.5. The molecule has 20 N–H and O–H groups in total. The number of nitrogens with two attached hydrogens (primary N) is 1. The highest BCUT2D eigenvalue weighted by atomic mass is 32.2. The maximum atomic E-state index is 15.6. The predicted octanol–water partition coefficient (Wildman–Crippen LogP) is -3.57. The molecule has 0 unspecified atom stereocenters. The van der Waals surface area contributed by atoms with Gasteiger partial charge in [0.15, 0.2) is 0 Å². The summed E-state index contributed by atoms with van der Waals surface area (Å²) in [7, 11) is 3.78. The highest BCUT2D eigenvalue weighted by Gasteiger charge is 2.47. The lowest BCUT2D eigenvalue weighted by atomic mass is 10.00. The molecule has 692 valence electrons. The molecule has 5 heterocycles. The van der Waals surface area contributed by atoms with Gasteiger partial charge >= 0.3 is 5.97 Å². The van der Waals surface area contributed by atoms with Gasteiger partial charge in [-0.15, -0.1) is 11.8 Å². The van der Waals surface area contributed by atoms with E-state index in [0.29, 0.717) is 75.9 Å². The Bertz CT molecular complexity index is 4780. The number of rotatable bonds is 22. The highest BCUT2D eigenvalue weighted by Crippen LogP contribution is 2.28. The van der Waals surface area contributed by atoms with E-state index in [1.165, 1.54) is 52.3 Å². The minimum atomic E-state index is -1.92. The number of likely N-dealkylation sites (N-methyl/N-ethyl adjacent to an activating group) is 3. The number of aromatic amines is 2. The van der Waals surface area contributed by atoms with Crippen molar-refractivity contribution in [3.8, 4) is 5.75 Å². The van der Waals surface area contributed by atoms with E-state index >= 15 is 28.8 Å². The number of nitrogens with zero attached hydrogens (tertiary/aromatic N) is 5. The fourth-order valence-corrected chi connectivity index (χ4v) is 16.4. The van der Waals surface area contributed by atoms with Crippen LogP contribution in [0.15, 0.2) is 85.2 Å². The van der Waals surface area contributed by atoms with E-state index in [-0.39, 0.29) is 63.7 Å². The van der Waals surface area contributed by atoms with Crippen LogP contribution < -0.4 is 58.9 Å². The first-order valence-corrected chi connectivity index (χ1v) is 43.5. The zero-order valence-electron chi connectivity index (χ0n) is 72.2. The third-order valence-corrected chi connectivity index (χ3v) is 23.7. The van der Waals surface area contributed by atoms with Crippen LogP contribution in [0.4, 0.5) is 0 Å². The number of hydrogen-bond donors (Lipinski definition) is 19. The molecule has 41 nitrogen and oxygen atoms in total. The molecule has 0 saturated carbocycles. The molecule has 3 aliphatic heterocycles. The van der Waals surface area contributed by atoms with Crippen LogP contribution in [0, 0.1) is 5.92 Å². The van der Waals surface area contributed by atoms with Gasteiger partial charge in [0.2, 0.25) is 94.5 Å². The Morgan fingerprint density at radius 1 is 0.535 bits per heavy atom. The second-order valence-corrected chi connectivity index (χ2v) is 33.5. The zero-order valence-corrected chi connectivity index (χ0v) is 73.0.